The predicted octanol–water partition coefficient (Wildman–Crippen LogP) is 6.28. The van der Waals surface area contributed by atoms with Gasteiger partial charge in [0.2, 0.25) is 0 Å². The third kappa shape index (κ3) is 11.0. The molecule has 212 valence electrons. The molecule has 6 heteroatoms. The van der Waals surface area contributed by atoms with Crippen molar-refractivity contribution in [1.29, 1.82) is 0 Å². The van der Waals surface area contributed by atoms with Gasteiger partial charge in [-0.3, -0.25) is 4.79 Å². The standard InChI is InChI=1S/C32H50O5Si/c1-5-6-7-8-9-10-17-22-31(33)36-27-25-34-23-24-35-26-28-37-38(32(2,3)4,29-18-13-11-14-19-29)30-20-15-12-16-21-30/h11-16,18-21H,5-10,17,22-28H2,1-4H3. The molecule has 0 unspecified atom stereocenters. The summed E-state index contributed by atoms with van der Waals surface area (Å²) < 4.78 is 23.5. The van der Waals surface area contributed by atoms with E-state index in [9.17, 15) is 4.79 Å². The Balaban J connectivity index is 1.64. The Labute approximate surface area is 232 Å². The Morgan fingerprint density at radius 3 is 1.66 bits per heavy atom. The normalized spacial score (nSPS) is 12.0. The van der Waals surface area contributed by atoms with Crippen LogP contribution in [0.15, 0.2) is 60.7 Å². The summed E-state index contributed by atoms with van der Waals surface area (Å²) in [5.41, 5.74) is 0. The summed E-state index contributed by atoms with van der Waals surface area (Å²) in [4.78, 5) is 11.8. The van der Waals surface area contributed by atoms with Gasteiger partial charge in [-0.15, -0.1) is 0 Å². The lowest BCUT2D eigenvalue weighted by Crippen LogP contribution is -2.66. The molecule has 0 saturated heterocycles. The minimum absolute atomic E-state index is 0.0507. The Bertz CT molecular complexity index is 827. The number of unbranched alkanes of at least 4 members (excludes halogenated alkanes) is 6. The Morgan fingerprint density at radius 1 is 0.658 bits per heavy atom. The maximum Gasteiger partial charge on any atom is 0.305 e. The highest BCUT2D eigenvalue weighted by Gasteiger charge is 2.49. The molecular formula is C32H50O5Si. The van der Waals surface area contributed by atoms with Crippen molar-refractivity contribution >= 4 is 24.7 Å². The number of ether oxygens (including phenoxy) is 3. The number of hydrogen-bond acceptors (Lipinski definition) is 5. The molecule has 0 aromatic heterocycles. The minimum atomic E-state index is -2.53. The van der Waals surface area contributed by atoms with E-state index < -0.39 is 8.32 Å². The average molecular weight is 543 g/mol. The second-order valence-electron chi connectivity index (χ2n) is 10.8. The molecule has 2 rings (SSSR count). The van der Waals surface area contributed by atoms with Gasteiger partial charge in [-0.25, -0.2) is 0 Å². The molecule has 5 nitrogen and oxygen atoms in total. The van der Waals surface area contributed by atoms with Crippen molar-refractivity contribution in [2.45, 2.75) is 84.1 Å². The maximum atomic E-state index is 11.8. The molecule has 0 aliphatic heterocycles. The van der Waals surface area contributed by atoms with E-state index in [0.29, 0.717) is 46.1 Å². The van der Waals surface area contributed by atoms with Crippen LogP contribution in [0.3, 0.4) is 0 Å². The smallest absolute Gasteiger partial charge is 0.305 e. The molecule has 0 radical (unpaired) electrons. The predicted molar refractivity (Wildman–Crippen MR) is 159 cm³/mol. The summed E-state index contributed by atoms with van der Waals surface area (Å²) >= 11 is 0. The summed E-state index contributed by atoms with van der Waals surface area (Å²) in [5, 5.41) is 2.48. The van der Waals surface area contributed by atoms with Crippen LogP contribution in [0.2, 0.25) is 5.04 Å². The van der Waals surface area contributed by atoms with Crippen molar-refractivity contribution in [1.82, 2.24) is 0 Å². The molecule has 0 aliphatic rings. The van der Waals surface area contributed by atoms with Crippen molar-refractivity contribution in [3.63, 3.8) is 0 Å². The van der Waals surface area contributed by atoms with Crippen LogP contribution >= 0.6 is 0 Å². The molecule has 2 aromatic rings. The molecule has 0 fully saturated rings. The largest absolute Gasteiger partial charge is 0.463 e. The van der Waals surface area contributed by atoms with Crippen LogP contribution in [0.1, 0.15) is 79.1 Å². The Morgan fingerprint density at radius 2 is 1.13 bits per heavy atom. The van der Waals surface area contributed by atoms with E-state index >= 15 is 0 Å². The fourth-order valence-electron chi connectivity index (χ4n) is 4.85. The van der Waals surface area contributed by atoms with Gasteiger partial charge in [0, 0.05) is 6.42 Å². The first-order valence-corrected chi connectivity index (χ1v) is 16.4. The van der Waals surface area contributed by atoms with E-state index in [1.165, 1.54) is 42.5 Å². The van der Waals surface area contributed by atoms with Crippen LogP contribution < -0.4 is 10.4 Å². The molecule has 0 spiro atoms. The zero-order valence-electron chi connectivity index (χ0n) is 24.2. The SMILES string of the molecule is CCCCCCCCCC(=O)OCCOCCOCCO[Si](c1ccccc1)(c1ccccc1)C(C)(C)C. The lowest BCUT2D eigenvalue weighted by atomic mass is 10.1. The molecule has 0 aliphatic carbocycles. The van der Waals surface area contributed by atoms with Crippen LogP contribution in [-0.2, 0) is 23.4 Å². The molecular weight excluding hydrogens is 492 g/mol. The monoisotopic (exact) mass is 542 g/mol. The van der Waals surface area contributed by atoms with Crippen molar-refractivity contribution in [3.05, 3.63) is 60.7 Å². The molecule has 0 saturated carbocycles. The second kappa shape index (κ2) is 18.3. The van der Waals surface area contributed by atoms with E-state index in [-0.39, 0.29) is 11.0 Å². The minimum Gasteiger partial charge on any atom is -0.463 e. The number of rotatable bonds is 20. The fraction of sp³-hybridized carbons (Fsp3) is 0.594. The number of carbonyl (C=O) groups excluding carboxylic acids is 1. The van der Waals surface area contributed by atoms with Gasteiger partial charge < -0.3 is 18.6 Å². The van der Waals surface area contributed by atoms with Gasteiger partial charge in [0.15, 0.2) is 0 Å². The summed E-state index contributed by atoms with van der Waals surface area (Å²) in [5.74, 6) is -0.126. The van der Waals surface area contributed by atoms with Crippen LogP contribution in [0.4, 0.5) is 0 Å². The summed E-state index contributed by atoms with van der Waals surface area (Å²) in [6, 6.07) is 21.3. The first-order chi connectivity index (χ1) is 18.4. The molecule has 0 bridgehead atoms. The van der Waals surface area contributed by atoms with E-state index in [1.807, 2.05) is 0 Å². The summed E-state index contributed by atoms with van der Waals surface area (Å²) in [6.07, 6.45) is 8.87. The lowest BCUT2D eigenvalue weighted by molar-refractivity contribution is -0.145. The summed E-state index contributed by atoms with van der Waals surface area (Å²) in [7, 11) is -2.53. The number of esters is 1. The van der Waals surface area contributed by atoms with Crippen LogP contribution in [0.5, 0.6) is 0 Å². The zero-order valence-corrected chi connectivity index (χ0v) is 25.2. The first-order valence-electron chi connectivity index (χ1n) is 14.5. The van der Waals surface area contributed by atoms with Crippen molar-refractivity contribution in [3.8, 4) is 0 Å². The highest BCUT2D eigenvalue weighted by molar-refractivity contribution is 6.99. The van der Waals surface area contributed by atoms with Gasteiger partial charge in [-0.05, 0) is 21.8 Å². The van der Waals surface area contributed by atoms with Crippen molar-refractivity contribution in [2.24, 2.45) is 0 Å². The molecule has 0 atom stereocenters. The third-order valence-corrected chi connectivity index (χ3v) is 11.9. The highest BCUT2D eigenvalue weighted by atomic mass is 28.4. The van der Waals surface area contributed by atoms with Crippen molar-refractivity contribution in [2.75, 3.05) is 39.6 Å². The molecule has 0 heterocycles. The zero-order chi connectivity index (χ0) is 27.5. The lowest BCUT2D eigenvalue weighted by Gasteiger charge is -2.43. The van der Waals surface area contributed by atoms with Gasteiger partial charge >= 0.3 is 5.97 Å². The number of benzene rings is 2. The molecule has 0 N–H and O–H groups in total. The first kappa shape index (κ1) is 32.2. The van der Waals surface area contributed by atoms with Gasteiger partial charge in [0.25, 0.3) is 8.32 Å². The fourth-order valence-corrected chi connectivity index (χ4v) is 9.40. The molecule has 38 heavy (non-hydrogen) atoms. The van der Waals surface area contributed by atoms with E-state index in [1.54, 1.807) is 0 Å². The summed E-state index contributed by atoms with van der Waals surface area (Å²) in [6.45, 7) is 11.7. The molecule has 2 aromatic carbocycles. The Kier molecular flexibility index (Phi) is 15.5. The maximum absolute atomic E-state index is 11.8. The van der Waals surface area contributed by atoms with E-state index in [2.05, 4.69) is 88.4 Å². The van der Waals surface area contributed by atoms with Gasteiger partial charge in [-0.1, -0.05) is 127 Å². The van der Waals surface area contributed by atoms with Gasteiger partial charge in [0.05, 0.1) is 33.0 Å². The average Bonchev–Trinajstić information content (AvgIpc) is 2.91. The topological polar surface area (TPSA) is 54.0 Å². The van der Waals surface area contributed by atoms with Crippen molar-refractivity contribution < 1.29 is 23.4 Å². The van der Waals surface area contributed by atoms with Crippen LogP contribution in [-0.4, -0.2) is 53.9 Å². The quantitative estimate of drug-likeness (QED) is 0.112. The molecule has 0 amide bonds. The number of carbonyl (C=O) groups is 1. The second-order valence-corrected chi connectivity index (χ2v) is 15.1. The Hall–Kier alpha value is -1.99. The van der Waals surface area contributed by atoms with Crippen LogP contribution in [0.25, 0.3) is 0 Å². The van der Waals surface area contributed by atoms with Crippen LogP contribution in [0, 0.1) is 0 Å². The van der Waals surface area contributed by atoms with Gasteiger partial charge in [0.1, 0.15) is 6.61 Å². The van der Waals surface area contributed by atoms with E-state index in [0.717, 1.165) is 12.8 Å². The van der Waals surface area contributed by atoms with Gasteiger partial charge in [-0.2, -0.15) is 0 Å². The third-order valence-electron chi connectivity index (χ3n) is 6.81. The van der Waals surface area contributed by atoms with E-state index in [4.69, 9.17) is 18.6 Å². The number of hydrogen-bond donors (Lipinski definition) is 0. The highest BCUT2D eigenvalue weighted by Crippen LogP contribution is 2.36.